The van der Waals surface area contributed by atoms with Crippen molar-refractivity contribution in [2.75, 3.05) is 12.4 Å². The van der Waals surface area contributed by atoms with Gasteiger partial charge in [0, 0.05) is 10.4 Å². The zero-order valence-electron chi connectivity index (χ0n) is 10.8. The largest absolute Gasteiger partial charge is 0.495 e. The number of carbonyl (C=O) groups excluding carboxylic acids is 1. The van der Waals surface area contributed by atoms with Crippen molar-refractivity contribution in [2.24, 2.45) is 5.73 Å². The van der Waals surface area contributed by atoms with Crippen molar-refractivity contribution in [3.63, 3.8) is 0 Å². The van der Waals surface area contributed by atoms with Crippen molar-refractivity contribution >= 4 is 22.9 Å². The number of hydrogen-bond acceptors (Lipinski definition) is 5. The number of thiazole rings is 1. The topological polar surface area (TPSA) is 77.2 Å². The third-order valence-electron chi connectivity index (χ3n) is 2.77. The molecule has 0 radical (unpaired) electrons. The zero-order chi connectivity index (χ0) is 13.8. The van der Waals surface area contributed by atoms with Gasteiger partial charge in [-0.25, -0.2) is 4.98 Å². The van der Waals surface area contributed by atoms with Gasteiger partial charge in [0.2, 0.25) is 5.91 Å². The predicted molar refractivity (Wildman–Crippen MR) is 75.7 cm³/mol. The van der Waals surface area contributed by atoms with E-state index in [1.54, 1.807) is 36.6 Å². The van der Waals surface area contributed by atoms with Crippen LogP contribution in [0.3, 0.4) is 0 Å². The summed E-state index contributed by atoms with van der Waals surface area (Å²) in [5, 5.41) is 3.24. The predicted octanol–water partition coefficient (Wildman–Crippen LogP) is 2.17. The average Bonchev–Trinajstić information content (AvgIpc) is 2.81. The summed E-state index contributed by atoms with van der Waals surface area (Å²) in [5.41, 5.74) is 9.28. The van der Waals surface area contributed by atoms with Crippen molar-refractivity contribution in [2.45, 2.75) is 13.5 Å². The second kappa shape index (κ2) is 5.71. The molecule has 2 aromatic rings. The Morgan fingerprint density at radius 3 is 2.89 bits per heavy atom. The number of rotatable bonds is 5. The number of benzene rings is 1. The molecule has 1 amide bonds. The van der Waals surface area contributed by atoms with E-state index in [1.807, 2.05) is 12.4 Å². The van der Waals surface area contributed by atoms with Gasteiger partial charge in [0.05, 0.1) is 30.5 Å². The molecule has 0 bridgehead atoms. The SMILES string of the molecule is COc1ccc(C(N)=O)cc1NCc1scnc1C. The van der Waals surface area contributed by atoms with Crippen molar-refractivity contribution < 1.29 is 9.53 Å². The summed E-state index contributed by atoms with van der Waals surface area (Å²) < 4.78 is 5.25. The molecule has 6 heteroatoms. The number of primary amides is 1. The van der Waals surface area contributed by atoms with E-state index in [0.717, 1.165) is 16.3 Å². The number of nitrogens with two attached hydrogens (primary N) is 1. The van der Waals surface area contributed by atoms with E-state index in [4.69, 9.17) is 10.5 Å². The minimum atomic E-state index is -0.459. The number of carbonyl (C=O) groups is 1. The van der Waals surface area contributed by atoms with Gasteiger partial charge in [0.15, 0.2) is 0 Å². The second-order valence-electron chi connectivity index (χ2n) is 3.99. The first-order valence-electron chi connectivity index (χ1n) is 5.72. The molecule has 0 aliphatic rings. The molecule has 3 N–H and O–H groups in total. The number of aryl methyl sites for hydroxylation is 1. The lowest BCUT2D eigenvalue weighted by molar-refractivity contribution is 0.100. The van der Waals surface area contributed by atoms with Crippen LogP contribution in [0.2, 0.25) is 0 Å². The number of methoxy groups -OCH3 is 1. The van der Waals surface area contributed by atoms with Crippen molar-refractivity contribution in [1.82, 2.24) is 4.98 Å². The summed E-state index contributed by atoms with van der Waals surface area (Å²) in [6.45, 7) is 2.60. The number of nitrogens with one attached hydrogen (secondary N) is 1. The molecule has 1 heterocycles. The van der Waals surface area contributed by atoms with Crippen LogP contribution in [0, 0.1) is 6.92 Å². The minimum Gasteiger partial charge on any atom is -0.495 e. The Bertz CT molecular complexity index is 595. The lowest BCUT2D eigenvalue weighted by Gasteiger charge is -2.11. The fraction of sp³-hybridized carbons (Fsp3) is 0.231. The van der Waals surface area contributed by atoms with Gasteiger partial charge in [0.25, 0.3) is 0 Å². The van der Waals surface area contributed by atoms with E-state index in [0.29, 0.717) is 17.9 Å². The van der Waals surface area contributed by atoms with Gasteiger partial charge in [0.1, 0.15) is 5.75 Å². The molecule has 0 saturated heterocycles. The van der Waals surface area contributed by atoms with E-state index in [2.05, 4.69) is 10.3 Å². The molecular weight excluding hydrogens is 262 g/mol. The highest BCUT2D eigenvalue weighted by atomic mass is 32.1. The first kappa shape index (κ1) is 13.4. The van der Waals surface area contributed by atoms with E-state index in [9.17, 15) is 4.79 Å². The van der Waals surface area contributed by atoms with Gasteiger partial charge < -0.3 is 15.8 Å². The minimum absolute atomic E-state index is 0.448. The molecule has 0 unspecified atom stereocenters. The fourth-order valence-corrected chi connectivity index (χ4v) is 2.39. The molecule has 1 aromatic heterocycles. The van der Waals surface area contributed by atoms with Gasteiger partial charge in [-0.3, -0.25) is 4.79 Å². The lowest BCUT2D eigenvalue weighted by Crippen LogP contribution is -2.11. The summed E-state index contributed by atoms with van der Waals surface area (Å²) in [6, 6.07) is 5.06. The van der Waals surface area contributed by atoms with Crippen molar-refractivity contribution in [1.29, 1.82) is 0 Å². The molecule has 0 spiro atoms. The van der Waals surface area contributed by atoms with Crippen LogP contribution in [0.1, 0.15) is 20.9 Å². The summed E-state index contributed by atoms with van der Waals surface area (Å²) >= 11 is 1.59. The highest BCUT2D eigenvalue weighted by Crippen LogP contribution is 2.26. The molecule has 100 valence electrons. The van der Waals surface area contributed by atoms with Gasteiger partial charge in [-0.1, -0.05) is 0 Å². The van der Waals surface area contributed by atoms with E-state index < -0.39 is 5.91 Å². The first-order chi connectivity index (χ1) is 9.11. The summed E-state index contributed by atoms with van der Waals surface area (Å²) in [5.74, 6) is 0.215. The monoisotopic (exact) mass is 277 g/mol. The Morgan fingerprint density at radius 1 is 1.53 bits per heavy atom. The van der Waals surface area contributed by atoms with E-state index >= 15 is 0 Å². The smallest absolute Gasteiger partial charge is 0.248 e. The van der Waals surface area contributed by atoms with E-state index in [1.165, 1.54) is 0 Å². The lowest BCUT2D eigenvalue weighted by atomic mass is 10.1. The Labute approximate surface area is 115 Å². The van der Waals surface area contributed by atoms with Crippen LogP contribution in [0.4, 0.5) is 5.69 Å². The van der Waals surface area contributed by atoms with E-state index in [-0.39, 0.29) is 0 Å². The van der Waals surface area contributed by atoms with Crippen LogP contribution in [0.25, 0.3) is 0 Å². The Balaban J connectivity index is 2.20. The molecule has 19 heavy (non-hydrogen) atoms. The first-order valence-corrected chi connectivity index (χ1v) is 6.60. The summed E-state index contributed by atoms with van der Waals surface area (Å²) in [4.78, 5) is 16.5. The van der Waals surface area contributed by atoms with Gasteiger partial charge in [-0.2, -0.15) is 0 Å². The van der Waals surface area contributed by atoms with Crippen LogP contribution in [-0.4, -0.2) is 18.0 Å². The molecule has 5 nitrogen and oxygen atoms in total. The number of ether oxygens (including phenoxy) is 1. The summed E-state index contributed by atoms with van der Waals surface area (Å²) in [7, 11) is 1.59. The Morgan fingerprint density at radius 2 is 2.32 bits per heavy atom. The van der Waals surface area contributed by atoms with Gasteiger partial charge >= 0.3 is 0 Å². The molecule has 0 saturated carbocycles. The number of aromatic nitrogens is 1. The van der Waals surface area contributed by atoms with Crippen LogP contribution in [-0.2, 0) is 6.54 Å². The van der Waals surface area contributed by atoms with Crippen LogP contribution < -0.4 is 15.8 Å². The molecule has 2 rings (SSSR count). The number of nitrogens with zero attached hydrogens (tertiary/aromatic N) is 1. The van der Waals surface area contributed by atoms with Crippen LogP contribution >= 0.6 is 11.3 Å². The number of hydrogen-bond donors (Lipinski definition) is 2. The third kappa shape index (κ3) is 3.03. The highest BCUT2D eigenvalue weighted by molar-refractivity contribution is 7.09. The third-order valence-corrected chi connectivity index (χ3v) is 3.70. The van der Waals surface area contributed by atoms with Crippen molar-refractivity contribution in [3.8, 4) is 5.75 Å². The number of anilines is 1. The van der Waals surface area contributed by atoms with Crippen molar-refractivity contribution in [3.05, 3.63) is 39.8 Å². The van der Waals surface area contributed by atoms with Crippen LogP contribution in [0.15, 0.2) is 23.7 Å². The van der Waals surface area contributed by atoms with Gasteiger partial charge in [-0.15, -0.1) is 11.3 Å². The van der Waals surface area contributed by atoms with Crippen LogP contribution in [0.5, 0.6) is 5.75 Å². The zero-order valence-corrected chi connectivity index (χ0v) is 11.6. The molecule has 0 fully saturated rings. The molecule has 0 aliphatic carbocycles. The standard InChI is InChI=1S/C13H15N3O2S/c1-8-12(19-7-16-8)6-15-10-5-9(13(14)17)3-4-11(10)18-2/h3-5,7,15H,6H2,1-2H3,(H2,14,17). The summed E-state index contributed by atoms with van der Waals surface area (Å²) in [6.07, 6.45) is 0. The second-order valence-corrected chi connectivity index (χ2v) is 4.93. The molecular formula is C13H15N3O2S. The molecule has 0 aliphatic heterocycles. The van der Waals surface area contributed by atoms with Gasteiger partial charge in [-0.05, 0) is 25.1 Å². The maximum atomic E-state index is 11.2. The average molecular weight is 277 g/mol. The maximum absolute atomic E-state index is 11.2. The maximum Gasteiger partial charge on any atom is 0.248 e. The molecule has 1 aromatic carbocycles. The quantitative estimate of drug-likeness (QED) is 0.878. The Kier molecular flexibility index (Phi) is 4.01. The fourth-order valence-electron chi connectivity index (χ4n) is 1.67. The normalized spacial score (nSPS) is 10.2. The molecule has 0 atom stereocenters. The Hall–Kier alpha value is -2.08. The highest BCUT2D eigenvalue weighted by Gasteiger charge is 2.08. The number of amides is 1.